The minimum Gasteiger partial charge on any atom is -0.399 e. The third kappa shape index (κ3) is 3.16. The number of hydrogen-bond acceptors (Lipinski definition) is 4. The third-order valence-corrected chi connectivity index (χ3v) is 4.50. The number of pyridine rings is 1. The molecule has 0 spiro atoms. The summed E-state index contributed by atoms with van der Waals surface area (Å²) in [5.74, 6) is 0. The van der Waals surface area contributed by atoms with E-state index in [1.165, 1.54) is 9.75 Å². The summed E-state index contributed by atoms with van der Waals surface area (Å²) in [5, 5.41) is 4.70. The van der Waals surface area contributed by atoms with Crippen LogP contribution in [-0.2, 0) is 6.42 Å². The van der Waals surface area contributed by atoms with Gasteiger partial charge in [-0.15, -0.1) is 11.3 Å². The van der Waals surface area contributed by atoms with Gasteiger partial charge in [0.05, 0.1) is 5.52 Å². The Bertz CT molecular complexity index is 764. The molecule has 4 heteroatoms. The highest BCUT2D eigenvalue weighted by molar-refractivity contribution is 7.11. The highest BCUT2D eigenvalue weighted by Gasteiger charge is 2.08. The van der Waals surface area contributed by atoms with E-state index in [1.54, 1.807) is 0 Å². The van der Waals surface area contributed by atoms with Crippen molar-refractivity contribution in [2.24, 2.45) is 0 Å². The molecule has 0 amide bonds. The van der Waals surface area contributed by atoms with Crippen LogP contribution >= 0.6 is 11.3 Å². The Kier molecular flexibility index (Phi) is 3.80. The van der Waals surface area contributed by atoms with Gasteiger partial charge in [0.25, 0.3) is 0 Å². The van der Waals surface area contributed by atoms with Crippen molar-refractivity contribution in [2.75, 3.05) is 11.1 Å². The van der Waals surface area contributed by atoms with Gasteiger partial charge in [-0.2, -0.15) is 0 Å². The third-order valence-electron chi connectivity index (χ3n) is 3.47. The fraction of sp³-hybridized carbons (Fsp3) is 0.235. The Balaban J connectivity index is 1.81. The SMILES string of the molecule is Cc1ccc(CC(C)Nc2ccnc3cc(N)ccc23)s1. The van der Waals surface area contributed by atoms with Crippen molar-refractivity contribution < 1.29 is 0 Å². The molecule has 3 nitrogen and oxygen atoms in total. The second kappa shape index (κ2) is 5.74. The van der Waals surface area contributed by atoms with Gasteiger partial charge in [0.2, 0.25) is 0 Å². The summed E-state index contributed by atoms with van der Waals surface area (Å²) in [4.78, 5) is 7.15. The van der Waals surface area contributed by atoms with Crippen LogP contribution in [0.2, 0.25) is 0 Å². The molecule has 0 aliphatic rings. The first-order chi connectivity index (χ1) is 10.1. The van der Waals surface area contributed by atoms with Crippen LogP contribution in [0.4, 0.5) is 11.4 Å². The zero-order valence-electron chi connectivity index (χ0n) is 12.3. The van der Waals surface area contributed by atoms with E-state index in [9.17, 15) is 0 Å². The number of nitrogens with two attached hydrogens (primary N) is 1. The fourth-order valence-corrected chi connectivity index (χ4v) is 3.52. The molecule has 108 valence electrons. The van der Waals surface area contributed by atoms with E-state index in [-0.39, 0.29) is 0 Å². The van der Waals surface area contributed by atoms with Crippen molar-refractivity contribution >= 4 is 33.6 Å². The van der Waals surface area contributed by atoms with Gasteiger partial charge in [-0.3, -0.25) is 4.98 Å². The zero-order chi connectivity index (χ0) is 14.8. The number of fused-ring (bicyclic) bond motifs is 1. The molecule has 0 bridgehead atoms. The summed E-state index contributed by atoms with van der Waals surface area (Å²) in [5.41, 5.74) is 8.61. The lowest BCUT2D eigenvalue weighted by Crippen LogP contribution is -2.17. The predicted molar refractivity (Wildman–Crippen MR) is 92.0 cm³/mol. The van der Waals surface area contributed by atoms with Gasteiger partial charge in [-0.05, 0) is 50.2 Å². The van der Waals surface area contributed by atoms with Crippen LogP contribution in [0.3, 0.4) is 0 Å². The van der Waals surface area contributed by atoms with Gasteiger partial charge in [0, 0.05) is 45.2 Å². The van der Waals surface area contributed by atoms with Crippen LogP contribution < -0.4 is 11.1 Å². The molecular formula is C17H19N3S. The lowest BCUT2D eigenvalue weighted by molar-refractivity contribution is 0.802. The molecule has 0 fully saturated rings. The number of nitrogens with zero attached hydrogens (tertiary/aromatic N) is 1. The van der Waals surface area contributed by atoms with E-state index in [1.807, 2.05) is 41.8 Å². The molecule has 2 heterocycles. The standard InChI is InChI=1S/C17H19N3S/c1-11(9-14-5-3-12(2)21-14)20-16-7-8-19-17-10-13(18)4-6-15(16)17/h3-8,10-11H,9,18H2,1-2H3,(H,19,20). The number of thiophene rings is 1. The minimum atomic E-state index is 0.367. The molecule has 21 heavy (non-hydrogen) atoms. The van der Waals surface area contributed by atoms with E-state index in [0.29, 0.717) is 6.04 Å². The summed E-state index contributed by atoms with van der Waals surface area (Å²) in [6, 6.07) is 12.6. The molecule has 1 aromatic carbocycles. The molecular weight excluding hydrogens is 278 g/mol. The van der Waals surface area contributed by atoms with Gasteiger partial charge < -0.3 is 11.1 Å². The molecule has 1 atom stereocenters. The minimum absolute atomic E-state index is 0.367. The summed E-state index contributed by atoms with van der Waals surface area (Å²) >= 11 is 1.86. The molecule has 2 aromatic heterocycles. The largest absolute Gasteiger partial charge is 0.399 e. The monoisotopic (exact) mass is 297 g/mol. The average Bonchev–Trinajstić information content (AvgIpc) is 2.83. The summed E-state index contributed by atoms with van der Waals surface area (Å²) in [6.45, 7) is 4.35. The highest BCUT2D eigenvalue weighted by atomic mass is 32.1. The van der Waals surface area contributed by atoms with Gasteiger partial charge in [0.15, 0.2) is 0 Å². The fourth-order valence-electron chi connectivity index (χ4n) is 2.50. The first-order valence-corrected chi connectivity index (χ1v) is 7.89. The van der Waals surface area contributed by atoms with Crippen molar-refractivity contribution in [3.05, 3.63) is 52.3 Å². The molecule has 3 rings (SSSR count). The normalized spacial score (nSPS) is 12.5. The first-order valence-electron chi connectivity index (χ1n) is 7.08. The Morgan fingerprint density at radius 3 is 2.86 bits per heavy atom. The maximum Gasteiger partial charge on any atom is 0.0743 e. The second-order valence-corrected chi connectivity index (χ2v) is 6.77. The van der Waals surface area contributed by atoms with E-state index >= 15 is 0 Å². The lowest BCUT2D eigenvalue weighted by atomic mass is 10.1. The average molecular weight is 297 g/mol. The Labute approximate surface area is 128 Å². The Morgan fingerprint density at radius 1 is 1.24 bits per heavy atom. The molecule has 0 aliphatic carbocycles. The van der Waals surface area contributed by atoms with Crippen molar-refractivity contribution in [2.45, 2.75) is 26.3 Å². The van der Waals surface area contributed by atoms with Crippen LogP contribution in [0, 0.1) is 6.92 Å². The van der Waals surface area contributed by atoms with Crippen LogP contribution in [-0.4, -0.2) is 11.0 Å². The molecule has 1 unspecified atom stereocenters. The highest BCUT2D eigenvalue weighted by Crippen LogP contribution is 2.25. The Morgan fingerprint density at radius 2 is 2.10 bits per heavy atom. The van der Waals surface area contributed by atoms with Crippen LogP contribution in [0.25, 0.3) is 10.9 Å². The predicted octanol–water partition coefficient (Wildman–Crippen LogP) is 4.23. The van der Waals surface area contributed by atoms with Gasteiger partial charge in [-0.1, -0.05) is 0 Å². The first kappa shape index (κ1) is 13.9. The molecule has 0 radical (unpaired) electrons. The zero-order valence-corrected chi connectivity index (χ0v) is 13.1. The number of nitrogen functional groups attached to an aromatic ring is 1. The van der Waals surface area contributed by atoms with Gasteiger partial charge in [0.1, 0.15) is 0 Å². The van der Waals surface area contributed by atoms with Crippen molar-refractivity contribution in [3.63, 3.8) is 0 Å². The number of benzene rings is 1. The number of rotatable bonds is 4. The summed E-state index contributed by atoms with van der Waals surface area (Å²) < 4.78 is 0. The van der Waals surface area contributed by atoms with Crippen molar-refractivity contribution in [3.8, 4) is 0 Å². The number of aromatic nitrogens is 1. The molecule has 3 aromatic rings. The van der Waals surface area contributed by atoms with E-state index in [2.05, 4.69) is 36.3 Å². The van der Waals surface area contributed by atoms with E-state index in [0.717, 1.165) is 28.7 Å². The van der Waals surface area contributed by atoms with Gasteiger partial charge >= 0.3 is 0 Å². The number of anilines is 2. The maximum atomic E-state index is 5.82. The molecule has 0 aliphatic heterocycles. The quantitative estimate of drug-likeness (QED) is 0.709. The maximum absolute atomic E-state index is 5.82. The van der Waals surface area contributed by atoms with E-state index < -0.39 is 0 Å². The molecule has 3 N–H and O–H groups in total. The topological polar surface area (TPSA) is 50.9 Å². The van der Waals surface area contributed by atoms with Crippen LogP contribution in [0.5, 0.6) is 0 Å². The Hall–Kier alpha value is -2.07. The second-order valence-electron chi connectivity index (χ2n) is 5.40. The van der Waals surface area contributed by atoms with E-state index in [4.69, 9.17) is 5.73 Å². The van der Waals surface area contributed by atoms with Crippen molar-refractivity contribution in [1.29, 1.82) is 0 Å². The number of hydrogen-bond donors (Lipinski definition) is 2. The lowest BCUT2D eigenvalue weighted by Gasteiger charge is -2.16. The molecule has 0 saturated heterocycles. The molecule has 0 saturated carbocycles. The summed E-state index contributed by atoms with van der Waals surface area (Å²) in [7, 11) is 0. The smallest absolute Gasteiger partial charge is 0.0743 e. The van der Waals surface area contributed by atoms with Crippen molar-refractivity contribution in [1.82, 2.24) is 4.98 Å². The van der Waals surface area contributed by atoms with Crippen LogP contribution in [0.1, 0.15) is 16.7 Å². The number of nitrogens with one attached hydrogen (secondary N) is 1. The number of aryl methyl sites for hydroxylation is 1. The van der Waals surface area contributed by atoms with Gasteiger partial charge in [-0.25, -0.2) is 0 Å². The summed E-state index contributed by atoms with van der Waals surface area (Å²) in [6.07, 6.45) is 2.85. The van der Waals surface area contributed by atoms with Crippen LogP contribution in [0.15, 0.2) is 42.6 Å².